The first-order chi connectivity index (χ1) is 10.1. The fourth-order valence-corrected chi connectivity index (χ4v) is 2.51. The normalized spacial score (nSPS) is 15.7. The molecule has 1 saturated heterocycles. The van der Waals surface area contributed by atoms with E-state index in [1.807, 2.05) is 18.2 Å². The van der Waals surface area contributed by atoms with Crippen LogP contribution in [-0.4, -0.2) is 41.7 Å². The first-order valence-electron chi connectivity index (χ1n) is 7.07. The summed E-state index contributed by atoms with van der Waals surface area (Å²) >= 11 is 0. The highest BCUT2D eigenvalue weighted by Crippen LogP contribution is 2.21. The minimum Gasteiger partial charge on any atom is -0.479 e. The number of nitrogens with zero attached hydrogens (tertiary/aromatic N) is 1. The number of aliphatic carboxylic acids is 1. The number of carbonyl (C=O) groups is 2. The molecule has 0 aromatic heterocycles. The van der Waals surface area contributed by atoms with E-state index in [9.17, 15) is 9.59 Å². The molecule has 1 aromatic carbocycles. The fraction of sp³-hybridized carbons (Fsp3) is 0.467. The van der Waals surface area contributed by atoms with Gasteiger partial charge in [-0.2, -0.15) is 0 Å². The predicted molar refractivity (Wildman–Crippen MR) is 76.6 cm³/mol. The van der Waals surface area contributed by atoms with E-state index in [-0.39, 0.29) is 6.03 Å². The van der Waals surface area contributed by atoms with Crippen LogP contribution in [0.5, 0.6) is 0 Å². The number of benzene rings is 1. The van der Waals surface area contributed by atoms with E-state index in [0.717, 1.165) is 19.3 Å². The summed E-state index contributed by atoms with van der Waals surface area (Å²) in [6.07, 6.45) is 2.92. The molecule has 0 radical (unpaired) electrons. The molecule has 0 aliphatic carbocycles. The summed E-state index contributed by atoms with van der Waals surface area (Å²) in [4.78, 5) is 28.3. The molecule has 2 amide bonds. The van der Waals surface area contributed by atoms with Crippen LogP contribution in [0.4, 0.5) is 4.79 Å². The van der Waals surface area contributed by atoms with E-state index in [1.165, 1.54) is 5.56 Å². The Balaban J connectivity index is 1.70. The summed E-state index contributed by atoms with van der Waals surface area (Å²) in [5.74, 6) is -0.534. The Morgan fingerprint density at radius 2 is 1.90 bits per heavy atom. The highest BCUT2D eigenvalue weighted by molar-refractivity contribution is 5.73. The third-order valence-electron chi connectivity index (χ3n) is 3.62. The largest absolute Gasteiger partial charge is 0.479 e. The Labute approximate surface area is 123 Å². The monoisotopic (exact) mass is 292 g/mol. The van der Waals surface area contributed by atoms with Gasteiger partial charge in [-0.3, -0.25) is 4.84 Å². The lowest BCUT2D eigenvalue weighted by Crippen LogP contribution is -2.45. The first-order valence-corrected chi connectivity index (χ1v) is 7.07. The number of carbonyl (C=O) groups excluding carboxylic acids is 1. The number of hydrogen-bond acceptors (Lipinski definition) is 3. The van der Waals surface area contributed by atoms with Crippen LogP contribution < -0.4 is 5.48 Å². The molecule has 1 aliphatic heterocycles. The zero-order valence-corrected chi connectivity index (χ0v) is 11.8. The number of likely N-dealkylation sites (tertiary alicyclic amines) is 1. The van der Waals surface area contributed by atoms with Gasteiger partial charge < -0.3 is 10.0 Å². The molecule has 114 valence electrons. The molecule has 1 aromatic rings. The van der Waals surface area contributed by atoms with Crippen LogP contribution in [0.15, 0.2) is 30.3 Å². The SMILES string of the molecule is O=C(O)CONC(=O)N1CCC(Cc2ccccc2)CC1. The molecule has 0 bridgehead atoms. The molecular weight excluding hydrogens is 272 g/mol. The molecule has 0 atom stereocenters. The molecule has 1 aliphatic rings. The van der Waals surface area contributed by atoms with Crippen LogP contribution in [0.1, 0.15) is 18.4 Å². The van der Waals surface area contributed by atoms with Crippen LogP contribution in [0.25, 0.3) is 0 Å². The second-order valence-corrected chi connectivity index (χ2v) is 5.21. The molecule has 21 heavy (non-hydrogen) atoms. The number of nitrogens with one attached hydrogen (secondary N) is 1. The Hall–Kier alpha value is -2.08. The van der Waals surface area contributed by atoms with Gasteiger partial charge in [0.05, 0.1) is 0 Å². The molecule has 6 nitrogen and oxygen atoms in total. The zero-order valence-electron chi connectivity index (χ0n) is 11.8. The van der Waals surface area contributed by atoms with Crippen molar-refractivity contribution in [1.82, 2.24) is 10.4 Å². The lowest BCUT2D eigenvalue weighted by molar-refractivity contribution is -0.144. The smallest absolute Gasteiger partial charge is 0.341 e. The van der Waals surface area contributed by atoms with Crippen molar-refractivity contribution in [3.8, 4) is 0 Å². The lowest BCUT2D eigenvalue weighted by atomic mass is 9.90. The zero-order chi connectivity index (χ0) is 15.1. The summed E-state index contributed by atoms with van der Waals surface area (Å²) in [7, 11) is 0. The lowest BCUT2D eigenvalue weighted by Gasteiger charge is -2.31. The van der Waals surface area contributed by atoms with Crippen molar-refractivity contribution < 1.29 is 19.5 Å². The molecule has 2 N–H and O–H groups in total. The van der Waals surface area contributed by atoms with Crippen molar-refractivity contribution in [3.63, 3.8) is 0 Å². The number of hydrogen-bond donors (Lipinski definition) is 2. The topological polar surface area (TPSA) is 78.9 Å². The second-order valence-electron chi connectivity index (χ2n) is 5.21. The number of carboxylic acids is 1. The molecule has 1 fully saturated rings. The second kappa shape index (κ2) is 7.64. The van der Waals surface area contributed by atoms with Crippen molar-refractivity contribution in [2.75, 3.05) is 19.7 Å². The molecular formula is C15H20N2O4. The number of hydroxylamine groups is 1. The van der Waals surface area contributed by atoms with E-state index in [2.05, 4.69) is 22.5 Å². The molecule has 2 rings (SSSR count). The van der Waals surface area contributed by atoms with Gasteiger partial charge in [0.1, 0.15) is 0 Å². The van der Waals surface area contributed by atoms with Gasteiger partial charge in [-0.15, -0.1) is 0 Å². The van der Waals surface area contributed by atoms with Crippen LogP contribution in [-0.2, 0) is 16.1 Å². The number of amides is 2. The van der Waals surface area contributed by atoms with E-state index >= 15 is 0 Å². The maximum atomic E-state index is 11.7. The standard InChI is InChI=1S/C15H20N2O4/c18-14(19)11-21-16-15(20)17-8-6-13(7-9-17)10-12-4-2-1-3-5-12/h1-5,13H,6-11H2,(H,16,20)(H,18,19). The third-order valence-corrected chi connectivity index (χ3v) is 3.62. The van der Waals surface area contributed by atoms with Gasteiger partial charge in [0.25, 0.3) is 0 Å². The molecule has 1 heterocycles. The predicted octanol–water partition coefficient (Wildman–Crippen LogP) is 1.67. The van der Waals surface area contributed by atoms with Crippen molar-refractivity contribution in [2.45, 2.75) is 19.3 Å². The van der Waals surface area contributed by atoms with E-state index in [0.29, 0.717) is 19.0 Å². The minimum atomic E-state index is -1.11. The van der Waals surface area contributed by atoms with E-state index in [1.54, 1.807) is 4.90 Å². The summed E-state index contributed by atoms with van der Waals surface area (Å²) in [5, 5.41) is 8.42. The molecule has 0 spiro atoms. The summed E-state index contributed by atoms with van der Waals surface area (Å²) in [6.45, 7) is 0.801. The molecule has 6 heteroatoms. The summed E-state index contributed by atoms with van der Waals surface area (Å²) in [6, 6.07) is 9.97. The maximum Gasteiger partial charge on any atom is 0.341 e. The Bertz CT molecular complexity index is 470. The van der Waals surface area contributed by atoms with E-state index < -0.39 is 12.6 Å². The van der Waals surface area contributed by atoms with Gasteiger partial charge in [-0.1, -0.05) is 30.3 Å². The van der Waals surface area contributed by atoms with Gasteiger partial charge in [0.15, 0.2) is 6.61 Å². The highest BCUT2D eigenvalue weighted by atomic mass is 16.7. The average Bonchev–Trinajstić information content (AvgIpc) is 2.48. The molecule has 0 saturated carbocycles. The van der Waals surface area contributed by atoms with Crippen LogP contribution in [0, 0.1) is 5.92 Å². The summed E-state index contributed by atoms with van der Waals surface area (Å²) in [5.41, 5.74) is 3.48. The number of carboxylic acid groups (broad SMARTS) is 1. The van der Waals surface area contributed by atoms with Crippen LogP contribution in [0.2, 0.25) is 0 Å². The van der Waals surface area contributed by atoms with Crippen molar-refractivity contribution in [1.29, 1.82) is 0 Å². The van der Waals surface area contributed by atoms with Crippen molar-refractivity contribution >= 4 is 12.0 Å². The Kier molecular flexibility index (Phi) is 5.57. The number of piperidine rings is 1. The van der Waals surface area contributed by atoms with Gasteiger partial charge in [0.2, 0.25) is 0 Å². The third kappa shape index (κ3) is 5.07. The first kappa shape index (κ1) is 15.3. The van der Waals surface area contributed by atoms with Gasteiger partial charge in [0, 0.05) is 13.1 Å². The van der Waals surface area contributed by atoms with Crippen LogP contribution >= 0.6 is 0 Å². The van der Waals surface area contributed by atoms with Gasteiger partial charge in [-0.05, 0) is 30.7 Å². The van der Waals surface area contributed by atoms with Gasteiger partial charge >= 0.3 is 12.0 Å². The average molecular weight is 292 g/mol. The Morgan fingerprint density at radius 3 is 2.52 bits per heavy atom. The fourth-order valence-electron chi connectivity index (χ4n) is 2.51. The highest BCUT2D eigenvalue weighted by Gasteiger charge is 2.23. The quantitative estimate of drug-likeness (QED) is 0.809. The Morgan fingerprint density at radius 1 is 1.24 bits per heavy atom. The molecule has 0 unspecified atom stereocenters. The van der Waals surface area contributed by atoms with Crippen molar-refractivity contribution in [3.05, 3.63) is 35.9 Å². The number of urea groups is 1. The van der Waals surface area contributed by atoms with E-state index in [4.69, 9.17) is 5.11 Å². The van der Waals surface area contributed by atoms with Crippen molar-refractivity contribution in [2.24, 2.45) is 5.92 Å². The van der Waals surface area contributed by atoms with Gasteiger partial charge in [-0.25, -0.2) is 15.1 Å². The van der Waals surface area contributed by atoms with Crippen LogP contribution in [0.3, 0.4) is 0 Å². The maximum absolute atomic E-state index is 11.7. The summed E-state index contributed by atoms with van der Waals surface area (Å²) < 4.78 is 0. The minimum absolute atomic E-state index is 0.366. The number of rotatable bonds is 5.